The van der Waals surface area contributed by atoms with Crippen LogP contribution in [0.5, 0.6) is 0 Å². The van der Waals surface area contributed by atoms with E-state index in [1.54, 1.807) is 0 Å². The van der Waals surface area contributed by atoms with Gasteiger partial charge in [0, 0.05) is 5.69 Å². The summed E-state index contributed by atoms with van der Waals surface area (Å²) in [5.74, 6) is 5.20. The lowest BCUT2D eigenvalue weighted by molar-refractivity contribution is 1.35. The van der Waals surface area contributed by atoms with Crippen molar-refractivity contribution < 1.29 is 0 Å². The largest absolute Gasteiger partial charge is 0.324 e. The first-order chi connectivity index (χ1) is 5.24. The van der Waals surface area contributed by atoms with Crippen molar-refractivity contribution in [1.29, 1.82) is 0 Å². The Bertz CT molecular complexity index is 249. The molecular formula is C9H12N2. The second kappa shape index (κ2) is 3.21. The topological polar surface area (TPSA) is 38.0 Å². The third-order valence-electron chi connectivity index (χ3n) is 1.54. The highest BCUT2D eigenvalue weighted by Crippen LogP contribution is 2.13. The highest BCUT2D eigenvalue weighted by molar-refractivity contribution is 5.63. The Kier molecular flexibility index (Phi) is 2.28. The predicted octanol–water partition coefficient (Wildman–Crippen LogP) is 2.01. The Morgan fingerprint density at radius 1 is 1.36 bits per heavy atom. The van der Waals surface area contributed by atoms with Crippen LogP contribution in [-0.2, 0) is 0 Å². The van der Waals surface area contributed by atoms with Gasteiger partial charge in [-0.2, -0.15) is 0 Å². The Morgan fingerprint density at radius 3 is 2.27 bits per heavy atom. The van der Waals surface area contributed by atoms with Crippen LogP contribution in [0.25, 0.3) is 5.57 Å². The van der Waals surface area contributed by atoms with Crippen LogP contribution < -0.4 is 11.3 Å². The maximum Gasteiger partial charge on any atom is 0.0485 e. The zero-order valence-corrected chi connectivity index (χ0v) is 6.59. The fourth-order valence-corrected chi connectivity index (χ4v) is 0.851. The molecule has 0 atom stereocenters. The maximum atomic E-state index is 5.20. The SMILES string of the molecule is C=C(C)c1ccc(NN)cc1. The Morgan fingerprint density at radius 2 is 1.91 bits per heavy atom. The molecule has 0 saturated heterocycles. The van der Waals surface area contributed by atoms with Crippen LogP contribution in [0, 0.1) is 0 Å². The molecule has 0 radical (unpaired) electrons. The van der Waals surface area contributed by atoms with Gasteiger partial charge in [0.15, 0.2) is 0 Å². The fourth-order valence-electron chi connectivity index (χ4n) is 0.851. The van der Waals surface area contributed by atoms with Crippen LogP contribution in [0.1, 0.15) is 12.5 Å². The first-order valence-electron chi connectivity index (χ1n) is 3.46. The van der Waals surface area contributed by atoms with Gasteiger partial charge in [-0.3, -0.25) is 5.84 Å². The van der Waals surface area contributed by atoms with E-state index in [9.17, 15) is 0 Å². The van der Waals surface area contributed by atoms with Crippen molar-refractivity contribution in [3.05, 3.63) is 36.4 Å². The Hall–Kier alpha value is -1.28. The molecule has 58 valence electrons. The van der Waals surface area contributed by atoms with E-state index in [4.69, 9.17) is 5.84 Å². The first kappa shape index (κ1) is 7.82. The minimum atomic E-state index is 0.912. The van der Waals surface area contributed by atoms with E-state index in [1.807, 2.05) is 31.2 Å². The summed E-state index contributed by atoms with van der Waals surface area (Å²) in [5, 5.41) is 0. The summed E-state index contributed by atoms with van der Waals surface area (Å²) in [4.78, 5) is 0. The number of benzene rings is 1. The summed E-state index contributed by atoms with van der Waals surface area (Å²) in [6.07, 6.45) is 0. The highest BCUT2D eigenvalue weighted by Gasteiger charge is 1.91. The minimum absolute atomic E-state index is 0.912. The van der Waals surface area contributed by atoms with Crippen molar-refractivity contribution in [1.82, 2.24) is 0 Å². The minimum Gasteiger partial charge on any atom is -0.324 e. The molecule has 0 aliphatic carbocycles. The highest BCUT2D eigenvalue weighted by atomic mass is 15.2. The maximum absolute atomic E-state index is 5.20. The van der Waals surface area contributed by atoms with Crippen molar-refractivity contribution in [2.45, 2.75) is 6.92 Å². The molecule has 0 aromatic heterocycles. The van der Waals surface area contributed by atoms with Gasteiger partial charge in [-0.1, -0.05) is 24.3 Å². The molecule has 0 saturated carbocycles. The molecule has 0 heterocycles. The van der Waals surface area contributed by atoms with Crippen molar-refractivity contribution in [3.8, 4) is 0 Å². The number of nitrogens with two attached hydrogens (primary N) is 1. The molecular weight excluding hydrogens is 136 g/mol. The van der Waals surface area contributed by atoms with Crippen LogP contribution >= 0.6 is 0 Å². The van der Waals surface area contributed by atoms with E-state index >= 15 is 0 Å². The van der Waals surface area contributed by atoms with E-state index in [-0.39, 0.29) is 0 Å². The van der Waals surface area contributed by atoms with Crippen LogP contribution in [0.2, 0.25) is 0 Å². The van der Waals surface area contributed by atoms with Gasteiger partial charge in [0.2, 0.25) is 0 Å². The van der Waals surface area contributed by atoms with E-state index in [0.29, 0.717) is 0 Å². The molecule has 1 aromatic carbocycles. The van der Waals surface area contributed by atoms with Crippen LogP contribution in [0.15, 0.2) is 30.8 Å². The fraction of sp³-hybridized carbons (Fsp3) is 0.111. The van der Waals surface area contributed by atoms with Crippen molar-refractivity contribution in [2.75, 3.05) is 5.43 Å². The molecule has 1 rings (SSSR count). The molecule has 0 bridgehead atoms. The average molecular weight is 148 g/mol. The lowest BCUT2D eigenvalue weighted by Gasteiger charge is -2.01. The number of allylic oxidation sites excluding steroid dienone is 1. The molecule has 0 fully saturated rings. The summed E-state index contributed by atoms with van der Waals surface area (Å²) in [7, 11) is 0. The van der Waals surface area contributed by atoms with Gasteiger partial charge >= 0.3 is 0 Å². The number of hydrazine groups is 1. The lowest BCUT2D eigenvalue weighted by atomic mass is 10.1. The number of hydrogen-bond acceptors (Lipinski definition) is 2. The van der Waals surface area contributed by atoms with E-state index in [1.165, 1.54) is 0 Å². The third-order valence-corrected chi connectivity index (χ3v) is 1.54. The molecule has 2 heteroatoms. The van der Waals surface area contributed by atoms with Gasteiger partial charge in [-0.25, -0.2) is 0 Å². The molecule has 0 unspecified atom stereocenters. The smallest absolute Gasteiger partial charge is 0.0485 e. The van der Waals surface area contributed by atoms with Crippen LogP contribution in [0.3, 0.4) is 0 Å². The van der Waals surface area contributed by atoms with Crippen LogP contribution in [-0.4, -0.2) is 0 Å². The van der Waals surface area contributed by atoms with Crippen LogP contribution in [0.4, 0.5) is 5.69 Å². The number of rotatable bonds is 2. The number of nitrogens with one attached hydrogen (secondary N) is 1. The molecule has 0 amide bonds. The Labute approximate surface area is 66.7 Å². The molecule has 2 nitrogen and oxygen atoms in total. The normalized spacial score (nSPS) is 9.27. The second-order valence-corrected chi connectivity index (χ2v) is 2.50. The molecule has 0 aliphatic rings. The molecule has 0 aliphatic heterocycles. The zero-order chi connectivity index (χ0) is 8.27. The molecule has 11 heavy (non-hydrogen) atoms. The summed E-state index contributed by atoms with van der Waals surface area (Å²) in [6, 6.07) is 7.81. The van der Waals surface area contributed by atoms with E-state index < -0.39 is 0 Å². The molecule has 3 N–H and O–H groups in total. The molecule has 1 aromatic rings. The molecule has 0 spiro atoms. The van der Waals surface area contributed by atoms with Gasteiger partial charge in [-0.05, 0) is 24.6 Å². The standard InChI is InChI=1S/C9H12N2/c1-7(2)8-3-5-9(11-10)6-4-8/h3-6,11H,1,10H2,2H3. The van der Waals surface area contributed by atoms with Gasteiger partial charge in [0.1, 0.15) is 0 Å². The van der Waals surface area contributed by atoms with Gasteiger partial charge in [0.25, 0.3) is 0 Å². The van der Waals surface area contributed by atoms with Gasteiger partial charge < -0.3 is 5.43 Å². The van der Waals surface area contributed by atoms with Crippen molar-refractivity contribution in [3.63, 3.8) is 0 Å². The van der Waals surface area contributed by atoms with Gasteiger partial charge in [-0.15, -0.1) is 0 Å². The lowest BCUT2D eigenvalue weighted by Crippen LogP contribution is -2.06. The van der Waals surface area contributed by atoms with Gasteiger partial charge in [0.05, 0.1) is 0 Å². The van der Waals surface area contributed by atoms with Crippen molar-refractivity contribution >= 4 is 11.3 Å². The second-order valence-electron chi connectivity index (χ2n) is 2.50. The number of nitrogen functional groups attached to an aromatic ring is 1. The quantitative estimate of drug-likeness (QED) is 0.497. The Balaban J connectivity index is 2.91. The summed E-state index contributed by atoms with van der Waals surface area (Å²) < 4.78 is 0. The zero-order valence-electron chi connectivity index (χ0n) is 6.59. The summed E-state index contributed by atoms with van der Waals surface area (Å²) in [5.41, 5.74) is 5.68. The summed E-state index contributed by atoms with van der Waals surface area (Å²) in [6.45, 7) is 5.81. The number of anilines is 1. The number of hydrogen-bond donors (Lipinski definition) is 2. The van der Waals surface area contributed by atoms with E-state index in [2.05, 4.69) is 12.0 Å². The summed E-state index contributed by atoms with van der Waals surface area (Å²) >= 11 is 0. The average Bonchev–Trinajstić information content (AvgIpc) is 2.05. The third kappa shape index (κ3) is 1.82. The predicted molar refractivity (Wildman–Crippen MR) is 49.0 cm³/mol. The first-order valence-corrected chi connectivity index (χ1v) is 3.46. The van der Waals surface area contributed by atoms with E-state index in [0.717, 1.165) is 16.8 Å². The monoisotopic (exact) mass is 148 g/mol. The van der Waals surface area contributed by atoms with Crippen molar-refractivity contribution in [2.24, 2.45) is 5.84 Å².